The first-order valence-electron chi connectivity index (χ1n) is 9.60. The minimum atomic E-state index is -3.89. The molecule has 1 heterocycles. The second kappa shape index (κ2) is 9.52. The summed E-state index contributed by atoms with van der Waals surface area (Å²) in [6.45, 7) is 1.24. The molecular formula is C21H25FN2O6S. The van der Waals surface area contributed by atoms with Crippen LogP contribution in [0.25, 0.3) is 0 Å². The summed E-state index contributed by atoms with van der Waals surface area (Å²) in [6, 6.07) is 8.77. The van der Waals surface area contributed by atoms with Crippen molar-refractivity contribution in [3.05, 3.63) is 53.3 Å². The average Bonchev–Trinajstić information content (AvgIpc) is 2.77. The number of sulfonamides is 1. The fourth-order valence-corrected chi connectivity index (χ4v) is 4.23. The van der Waals surface area contributed by atoms with Gasteiger partial charge in [-0.3, -0.25) is 9.10 Å². The lowest BCUT2D eigenvalue weighted by molar-refractivity contribution is 0.0303. The third-order valence-electron chi connectivity index (χ3n) is 4.97. The van der Waals surface area contributed by atoms with Crippen LogP contribution in [0.4, 0.5) is 10.1 Å². The molecule has 0 aliphatic carbocycles. The van der Waals surface area contributed by atoms with E-state index >= 15 is 0 Å². The number of ether oxygens (including phenoxy) is 3. The monoisotopic (exact) mass is 452 g/mol. The molecule has 0 aromatic heterocycles. The zero-order valence-electron chi connectivity index (χ0n) is 17.6. The van der Waals surface area contributed by atoms with E-state index in [2.05, 4.69) is 0 Å². The van der Waals surface area contributed by atoms with E-state index in [4.69, 9.17) is 14.2 Å². The topological polar surface area (TPSA) is 85.4 Å². The molecule has 31 heavy (non-hydrogen) atoms. The number of methoxy groups -OCH3 is 2. The standard InChI is InChI=1S/C21H25FN2O6S/c1-28-19-12-16(21(25)23-8-10-30-11-9-23)18(13-20(19)29-2)24(31(3,26)27)14-15-6-4-5-7-17(15)22/h4-7,12-13H,8-11,14H2,1-3H3. The molecule has 0 atom stereocenters. The van der Waals surface area contributed by atoms with Gasteiger partial charge in [0, 0.05) is 24.7 Å². The first kappa shape index (κ1) is 22.8. The van der Waals surface area contributed by atoms with Gasteiger partial charge in [0.25, 0.3) is 5.91 Å². The van der Waals surface area contributed by atoms with Crippen LogP contribution >= 0.6 is 0 Å². The van der Waals surface area contributed by atoms with Gasteiger partial charge in [0.15, 0.2) is 11.5 Å². The van der Waals surface area contributed by atoms with Crippen LogP contribution in [-0.4, -0.2) is 66.0 Å². The maximum Gasteiger partial charge on any atom is 0.256 e. The Labute approximate surface area is 181 Å². The predicted molar refractivity (Wildman–Crippen MR) is 114 cm³/mol. The Bertz CT molecular complexity index is 1050. The van der Waals surface area contributed by atoms with E-state index in [1.54, 1.807) is 11.0 Å². The van der Waals surface area contributed by atoms with Crippen LogP contribution in [0.2, 0.25) is 0 Å². The van der Waals surface area contributed by atoms with Crippen LogP contribution in [0.3, 0.4) is 0 Å². The lowest BCUT2D eigenvalue weighted by Gasteiger charge is -2.30. The van der Waals surface area contributed by atoms with Crippen molar-refractivity contribution in [2.45, 2.75) is 6.54 Å². The highest BCUT2D eigenvalue weighted by molar-refractivity contribution is 7.92. The molecule has 0 bridgehead atoms. The van der Waals surface area contributed by atoms with Crippen molar-refractivity contribution in [1.82, 2.24) is 4.90 Å². The molecule has 1 fully saturated rings. The van der Waals surface area contributed by atoms with E-state index in [-0.39, 0.29) is 40.8 Å². The summed E-state index contributed by atoms with van der Waals surface area (Å²) < 4.78 is 56.7. The first-order chi connectivity index (χ1) is 14.8. The van der Waals surface area contributed by atoms with E-state index in [0.29, 0.717) is 26.3 Å². The van der Waals surface area contributed by atoms with E-state index in [0.717, 1.165) is 10.6 Å². The third kappa shape index (κ3) is 5.08. The maximum atomic E-state index is 14.3. The SMILES string of the molecule is COc1cc(C(=O)N2CCOCC2)c(N(Cc2ccccc2F)S(C)(=O)=O)cc1OC. The molecule has 8 nitrogen and oxygen atoms in total. The lowest BCUT2D eigenvalue weighted by Crippen LogP contribution is -2.41. The molecule has 2 aromatic rings. The van der Waals surface area contributed by atoms with Gasteiger partial charge in [0.05, 0.1) is 51.5 Å². The number of carbonyl (C=O) groups excluding carboxylic acids is 1. The van der Waals surface area contributed by atoms with Crippen molar-refractivity contribution in [1.29, 1.82) is 0 Å². The highest BCUT2D eigenvalue weighted by atomic mass is 32.2. The lowest BCUT2D eigenvalue weighted by atomic mass is 10.1. The molecule has 1 amide bonds. The quantitative estimate of drug-likeness (QED) is 0.641. The number of carbonyl (C=O) groups is 1. The molecule has 3 rings (SSSR count). The Morgan fingerprint density at radius 1 is 1.13 bits per heavy atom. The van der Waals surface area contributed by atoms with Gasteiger partial charge in [0.1, 0.15) is 5.82 Å². The highest BCUT2D eigenvalue weighted by Gasteiger charge is 2.29. The summed E-state index contributed by atoms with van der Waals surface area (Å²) >= 11 is 0. The molecule has 1 aliphatic heterocycles. The molecule has 168 valence electrons. The van der Waals surface area contributed by atoms with Crippen molar-refractivity contribution >= 4 is 21.6 Å². The molecule has 0 radical (unpaired) electrons. The number of nitrogens with zero attached hydrogens (tertiary/aromatic N) is 2. The Morgan fingerprint density at radius 3 is 2.32 bits per heavy atom. The molecule has 0 saturated carbocycles. The molecule has 1 aliphatic rings. The van der Waals surface area contributed by atoms with Gasteiger partial charge in [0.2, 0.25) is 10.0 Å². The Hall–Kier alpha value is -2.85. The molecule has 0 unspecified atom stereocenters. The number of morpholine rings is 1. The number of hydrogen-bond acceptors (Lipinski definition) is 6. The Kier molecular flexibility index (Phi) is 7.01. The summed E-state index contributed by atoms with van der Waals surface area (Å²) in [5.74, 6) is -0.389. The summed E-state index contributed by atoms with van der Waals surface area (Å²) in [5, 5.41) is 0. The van der Waals surface area contributed by atoms with Gasteiger partial charge in [-0.15, -0.1) is 0 Å². The van der Waals surface area contributed by atoms with Gasteiger partial charge < -0.3 is 19.1 Å². The van der Waals surface area contributed by atoms with Gasteiger partial charge >= 0.3 is 0 Å². The number of amides is 1. The van der Waals surface area contributed by atoms with Crippen molar-refractivity contribution in [2.24, 2.45) is 0 Å². The van der Waals surface area contributed by atoms with Crippen molar-refractivity contribution in [3.8, 4) is 11.5 Å². The van der Waals surface area contributed by atoms with Crippen LogP contribution in [-0.2, 0) is 21.3 Å². The first-order valence-corrected chi connectivity index (χ1v) is 11.4. The number of anilines is 1. The smallest absolute Gasteiger partial charge is 0.256 e. The number of benzene rings is 2. The summed E-state index contributed by atoms with van der Waals surface area (Å²) in [4.78, 5) is 14.9. The number of halogens is 1. The van der Waals surface area contributed by atoms with Gasteiger partial charge in [-0.05, 0) is 12.1 Å². The third-order valence-corrected chi connectivity index (χ3v) is 6.10. The second-order valence-electron chi connectivity index (χ2n) is 6.99. The van der Waals surface area contributed by atoms with Gasteiger partial charge in [-0.1, -0.05) is 18.2 Å². The summed E-state index contributed by atoms with van der Waals surface area (Å²) in [5.41, 5.74) is 0.369. The Balaban J connectivity index is 2.16. The van der Waals surface area contributed by atoms with Gasteiger partial charge in [-0.25, -0.2) is 12.8 Å². The molecule has 2 aromatic carbocycles. The zero-order chi connectivity index (χ0) is 22.6. The molecule has 10 heteroatoms. The summed E-state index contributed by atoms with van der Waals surface area (Å²) in [7, 11) is -1.06. The predicted octanol–water partition coefficient (Wildman–Crippen LogP) is 2.28. The molecule has 1 saturated heterocycles. The largest absolute Gasteiger partial charge is 0.493 e. The van der Waals surface area contributed by atoms with Crippen LogP contribution in [0.5, 0.6) is 11.5 Å². The molecule has 0 N–H and O–H groups in total. The van der Waals surface area contributed by atoms with Gasteiger partial charge in [-0.2, -0.15) is 0 Å². The van der Waals surface area contributed by atoms with E-state index in [1.165, 1.54) is 44.6 Å². The number of hydrogen-bond donors (Lipinski definition) is 0. The van der Waals surface area contributed by atoms with Crippen molar-refractivity contribution in [2.75, 3.05) is 51.1 Å². The zero-order valence-corrected chi connectivity index (χ0v) is 18.4. The fourth-order valence-electron chi connectivity index (χ4n) is 3.35. The maximum absolute atomic E-state index is 14.3. The van der Waals surface area contributed by atoms with Crippen LogP contribution in [0.1, 0.15) is 15.9 Å². The van der Waals surface area contributed by atoms with E-state index < -0.39 is 15.8 Å². The number of rotatable bonds is 7. The highest BCUT2D eigenvalue weighted by Crippen LogP contribution is 2.37. The van der Waals surface area contributed by atoms with E-state index in [9.17, 15) is 17.6 Å². The summed E-state index contributed by atoms with van der Waals surface area (Å²) in [6.07, 6.45) is 1.01. The minimum absolute atomic E-state index is 0.0832. The van der Waals surface area contributed by atoms with Crippen LogP contribution < -0.4 is 13.8 Å². The normalized spacial score (nSPS) is 14.3. The van der Waals surface area contributed by atoms with Crippen molar-refractivity contribution < 1.29 is 31.8 Å². The molecule has 0 spiro atoms. The second-order valence-corrected chi connectivity index (χ2v) is 8.90. The van der Waals surface area contributed by atoms with E-state index in [1.807, 2.05) is 0 Å². The Morgan fingerprint density at radius 2 is 1.74 bits per heavy atom. The van der Waals surface area contributed by atoms with Crippen LogP contribution in [0.15, 0.2) is 36.4 Å². The fraction of sp³-hybridized carbons (Fsp3) is 0.381. The van der Waals surface area contributed by atoms with Crippen LogP contribution in [0, 0.1) is 5.82 Å². The average molecular weight is 453 g/mol. The minimum Gasteiger partial charge on any atom is -0.493 e. The molecular weight excluding hydrogens is 427 g/mol. The van der Waals surface area contributed by atoms with Crippen molar-refractivity contribution in [3.63, 3.8) is 0 Å².